The molecule has 0 bridgehead atoms. The molecule has 1 aliphatic rings. The van der Waals surface area contributed by atoms with Crippen molar-refractivity contribution in [2.45, 2.75) is 88.8 Å². The Balaban J connectivity index is 2.46. The number of aliphatic hydroxyl groups is 1. The van der Waals surface area contributed by atoms with Gasteiger partial charge in [-0.2, -0.15) is 0 Å². The molecule has 1 nitrogen and oxygen atoms in total. The summed E-state index contributed by atoms with van der Waals surface area (Å²) in [6.45, 7) is 4.77. The highest BCUT2D eigenvalue weighted by Crippen LogP contribution is 2.42. The van der Waals surface area contributed by atoms with Gasteiger partial charge in [-0.3, -0.25) is 0 Å². The van der Waals surface area contributed by atoms with E-state index < -0.39 is 0 Å². The smallest absolute Gasteiger partial charge is 0.0540 e. The van der Waals surface area contributed by atoms with E-state index in [0.29, 0.717) is 5.16 Å². The molecule has 0 aromatic heterocycles. The molecule has 0 saturated heterocycles. The van der Waals surface area contributed by atoms with Gasteiger partial charge >= 0.3 is 0 Å². The molecule has 3 atom stereocenters. The Bertz CT molecular complexity index is 189. The summed E-state index contributed by atoms with van der Waals surface area (Å²) in [6.07, 6.45) is 14.1. The summed E-state index contributed by atoms with van der Waals surface area (Å²) in [4.78, 5) is 0. The van der Waals surface area contributed by atoms with Crippen molar-refractivity contribution in [2.75, 3.05) is 6.66 Å². The van der Waals surface area contributed by atoms with Crippen molar-refractivity contribution in [3.63, 3.8) is 0 Å². The molecule has 2 heteroatoms. The molecule has 0 aromatic carbocycles. The summed E-state index contributed by atoms with van der Waals surface area (Å²) in [6, 6.07) is 0. The van der Waals surface area contributed by atoms with Crippen molar-refractivity contribution >= 4 is 8.58 Å². The van der Waals surface area contributed by atoms with E-state index >= 15 is 0 Å². The van der Waals surface area contributed by atoms with E-state index in [9.17, 15) is 5.11 Å². The van der Waals surface area contributed by atoms with Crippen molar-refractivity contribution in [2.24, 2.45) is 0 Å². The number of hydrogen-bond acceptors (Lipinski definition) is 1. The zero-order chi connectivity index (χ0) is 12.6. The third-order valence-electron chi connectivity index (χ3n) is 4.59. The normalized spacial score (nSPS) is 34.4. The number of aliphatic hydroxyl groups excluding tert-OH is 1. The molecule has 1 aliphatic carbocycles. The zero-order valence-corrected chi connectivity index (χ0v) is 12.8. The second-order valence-electron chi connectivity index (χ2n) is 5.74. The van der Waals surface area contributed by atoms with Gasteiger partial charge in [-0.1, -0.05) is 45.4 Å². The van der Waals surface area contributed by atoms with E-state index in [1.807, 2.05) is 0 Å². The van der Waals surface area contributed by atoms with E-state index in [-0.39, 0.29) is 6.10 Å². The van der Waals surface area contributed by atoms with E-state index in [4.69, 9.17) is 0 Å². The molecule has 0 spiro atoms. The summed E-state index contributed by atoms with van der Waals surface area (Å²) < 4.78 is 0. The first-order valence-corrected chi connectivity index (χ1v) is 9.09. The molecule has 0 amide bonds. The van der Waals surface area contributed by atoms with Crippen LogP contribution in [0, 0.1) is 0 Å². The number of hydrogen-bond donors (Lipinski definition) is 1. The van der Waals surface area contributed by atoms with Crippen molar-refractivity contribution in [3.8, 4) is 0 Å². The van der Waals surface area contributed by atoms with Crippen LogP contribution in [-0.4, -0.2) is 23.0 Å². The predicted octanol–water partition coefficient (Wildman–Crippen LogP) is 4.72. The fourth-order valence-corrected chi connectivity index (χ4v) is 4.30. The highest BCUT2D eigenvalue weighted by Gasteiger charge is 2.25. The van der Waals surface area contributed by atoms with E-state index in [1.54, 1.807) is 0 Å². The van der Waals surface area contributed by atoms with Gasteiger partial charge in [0, 0.05) is 0 Å². The summed E-state index contributed by atoms with van der Waals surface area (Å²) in [5.41, 5.74) is 0. The van der Waals surface area contributed by atoms with Gasteiger partial charge in [-0.15, -0.1) is 8.58 Å². The molecule has 1 fully saturated rings. The summed E-state index contributed by atoms with van der Waals surface area (Å²) in [7, 11) is 1.09. The first-order valence-electron chi connectivity index (χ1n) is 7.59. The monoisotopic (exact) mass is 258 g/mol. The lowest BCUT2D eigenvalue weighted by Gasteiger charge is -2.32. The van der Waals surface area contributed by atoms with Gasteiger partial charge in [0.15, 0.2) is 0 Å². The van der Waals surface area contributed by atoms with E-state index in [2.05, 4.69) is 13.6 Å². The molecule has 1 N–H and O–H groups in total. The highest BCUT2D eigenvalue weighted by molar-refractivity contribution is 7.39. The van der Waals surface area contributed by atoms with Gasteiger partial charge in [-0.05, 0) is 43.9 Å². The molecule has 17 heavy (non-hydrogen) atoms. The van der Waals surface area contributed by atoms with Crippen LogP contribution in [0.15, 0.2) is 0 Å². The van der Waals surface area contributed by atoms with Crippen molar-refractivity contribution in [1.82, 2.24) is 0 Å². The van der Waals surface area contributed by atoms with Gasteiger partial charge in [0.2, 0.25) is 0 Å². The van der Waals surface area contributed by atoms with Crippen molar-refractivity contribution in [3.05, 3.63) is 0 Å². The molecule has 1 rings (SSSR count). The van der Waals surface area contributed by atoms with Crippen LogP contribution in [0.3, 0.4) is 0 Å². The SMILES string of the molecule is CCC1(PC)CCCCCCC(O)CCCC1. The minimum absolute atomic E-state index is 0.0190. The minimum Gasteiger partial charge on any atom is -0.393 e. The standard InChI is InChI=1S/C15H31OP/c1-3-15(17-2)12-8-5-4-6-10-14(16)11-7-9-13-15/h14,16-17H,3-13H2,1-2H3. The van der Waals surface area contributed by atoms with E-state index in [0.717, 1.165) is 21.4 Å². The molecule has 0 aromatic rings. The molecule has 0 aliphatic heterocycles. The van der Waals surface area contributed by atoms with Gasteiger partial charge in [-0.25, -0.2) is 0 Å². The Morgan fingerprint density at radius 2 is 1.53 bits per heavy atom. The Morgan fingerprint density at radius 1 is 1.00 bits per heavy atom. The molecule has 0 heterocycles. The third kappa shape index (κ3) is 5.71. The van der Waals surface area contributed by atoms with Crippen LogP contribution in [0.5, 0.6) is 0 Å². The molecule has 102 valence electrons. The average Bonchev–Trinajstić information content (AvgIpc) is 2.34. The Labute approximate surface area is 110 Å². The lowest BCUT2D eigenvalue weighted by Crippen LogP contribution is -2.22. The van der Waals surface area contributed by atoms with Crippen molar-refractivity contribution < 1.29 is 5.11 Å². The van der Waals surface area contributed by atoms with Crippen LogP contribution in [-0.2, 0) is 0 Å². The van der Waals surface area contributed by atoms with Crippen LogP contribution < -0.4 is 0 Å². The zero-order valence-electron chi connectivity index (χ0n) is 11.8. The summed E-state index contributed by atoms with van der Waals surface area (Å²) >= 11 is 0. The van der Waals surface area contributed by atoms with Gasteiger partial charge in [0.05, 0.1) is 6.10 Å². The van der Waals surface area contributed by atoms with Crippen molar-refractivity contribution in [1.29, 1.82) is 0 Å². The van der Waals surface area contributed by atoms with Crippen LogP contribution >= 0.6 is 8.58 Å². The second kappa shape index (κ2) is 8.48. The quantitative estimate of drug-likeness (QED) is 0.711. The fourth-order valence-electron chi connectivity index (χ4n) is 3.09. The molecule has 0 radical (unpaired) electrons. The predicted molar refractivity (Wildman–Crippen MR) is 79.4 cm³/mol. The van der Waals surface area contributed by atoms with Crippen LogP contribution in [0.2, 0.25) is 0 Å². The Kier molecular flexibility index (Phi) is 7.71. The highest BCUT2D eigenvalue weighted by atomic mass is 31.1. The lowest BCUT2D eigenvalue weighted by atomic mass is 9.89. The van der Waals surface area contributed by atoms with Gasteiger partial charge in [0.25, 0.3) is 0 Å². The maximum Gasteiger partial charge on any atom is 0.0540 e. The topological polar surface area (TPSA) is 20.2 Å². The summed E-state index contributed by atoms with van der Waals surface area (Å²) in [5, 5.41) is 10.5. The van der Waals surface area contributed by atoms with Crippen LogP contribution in [0.1, 0.15) is 77.6 Å². The van der Waals surface area contributed by atoms with Crippen LogP contribution in [0.4, 0.5) is 0 Å². The third-order valence-corrected chi connectivity index (χ3v) is 6.51. The first-order chi connectivity index (χ1) is 8.22. The van der Waals surface area contributed by atoms with Crippen LogP contribution in [0.25, 0.3) is 0 Å². The summed E-state index contributed by atoms with van der Waals surface area (Å²) in [5.74, 6) is 0. The molecular weight excluding hydrogens is 227 g/mol. The van der Waals surface area contributed by atoms with E-state index in [1.165, 1.54) is 57.8 Å². The fraction of sp³-hybridized carbons (Fsp3) is 1.00. The maximum atomic E-state index is 9.84. The molecular formula is C15H31OP. The Morgan fingerprint density at radius 3 is 2.12 bits per heavy atom. The average molecular weight is 258 g/mol. The largest absolute Gasteiger partial charge is 0.393 e. The lowest BCUT2D eigenvalue weighted by molar-refractivity contribution is 0.145. The molecule has 1 saturated carbocycles. The van der Waals surface area contributed by atoms with Gasteiger partial charge < -0.3 is 5.11 Å². The Hall–Kier alpha value is 0.390. The number of rotatable bonds is 2. The first kappa shape index (κ1) is 15.4. The minimum atomic E-state index is -0.0190. The maximum absolute atomic E-state index is 9.84. The second-order valence-corrected chi connectivity index (χ2v) is 7.30. The van der Waals surface area contributed by atoms with Gasteiger partial charge in [0.1, 0.15) is 0 Å². The molecule has 3 unspecified atom stereocenters.